The van der Waals surface area contributed by atoms with Crippen molar-refractivity contribution in [3.05, 3.63) is 32.6 Å². The Morgan fingerprint density at radius 1 is 0.857 bits per heavy atom. The molecular weight excluding hydrogens is 212 g/mol. The summed E-state index contributed by atoms with van der Waals surface area (Å²) in [6.07, 6.45) is 0. The van der Waals surface area contributed by atoms with Gasteiger partial charge in [-0.05, 0) is 34.7 Å². The first-order valence-electron chi connectivity index (χ1n) is 3.95. The Balaban J connectivity index is 2.31. The van der Waals surface area contributed by atoms with Crippen molar-refractivity contribution < 1.29 is 0 Å². The molecule has 0 aliphatic carbocycles. The van der Waals surface area contributed by atoms with Crippen molar-refractivity contribution in [3.63, 3.8) is 0 Å². The molecule has 2 rings (SSSR count). The minimum atomic E-state index is 0.734. The molecule has 4 heteroatoms. The topological polar surface area (TPSA) is 52.0 Å². The van der Waals surface area contributed by atoms with Gasteiger partial charge in [0.25, 0.3) is 0 Å². The van der Waals surface area contributed by atoms with Crippen LogP contribution in [0.1, 0.15) is 9.75 Å². The fraction of sp³-hybridized carbons (Fsp3) is 0. The van der Waals surface area contributed by atoms with Crippen LogP contribution in [-0.2, 0) is 0 Å². The largest absolute Gasteiger partial charge is 0.397 e. The van der Waals surface area contributed by atoms with E-state index < -0.39 is 0 Å². The Kier molecular flexibility index (Phi) is 2.44. The highest BCUT2D eigenvalue weighted by Crippen LogP contribution is 2.20. The molecule has 70 valence electrons. The minimum absolute atomic E-state index is 0.734. The lowest BCUT2D eigenvalue weighted by atomic mass is 10.3. The van der Waals surface area contributed by atoms with Gasteiger partial charge in [-0.1, -0.05) is 0 Å². The van der Waals surface area contributed by atoms with Crippen LogP contribution < -0.4 is 11.5 Å². The van der Waals surface area contributed by atoms with Gasteiger partial charge in [-0.15, -0.1) is 22.7 Å². The molecule has 0 fully saturated rings. The summed E-state index contributed by atoms with van der Waals surface area (Å²) in [5, 5.41) is 3.86. The molecule has 14 heavy (non-hydrogen) atoms. The van der Waals surface area contributed by atoms with E-state index in [0.29, 0.717) is 0 Å². The summed E-state index contributed by atoms with van der Waals surface area (Å²) < 4.78 is 0. The normalized spacial score (nSPS) is 9.43. The molecule has 2 aromatic rings. The Labute approximate surface area is 90.2 Å². The van der Waals surface area contributed by atoms with Crippen LogP contribution in [0.3, 0.4) is 0 Å². The molecule has 2 heterocycles. The third-order valence-corrected chi connectivity index (χ3v) is 3.37. The van der Waals surface area contributed by atoms with Crippen molar-refractivity contribution in [1.82, 2.24) is 0 Å². The monoisotopic (exact) mass is 220 g/mol. The maximum atomic E-state index is 5.70. The highest BCUT2D eigenvalue weighted by Gasteiger charge is 1.97. The van der Waals surface area contributed by atoms with Crippen LogP contribution in [0.5, 0.6) is 0 Å². The van der Waals surface area contributed by atoms with Crippen molar-refractivity contribution in [2.75, 3.05) is 11.5 Å². The predicted molar refractivity (Wildman–Crippen MR) is 63.4 cm³/mol. The molecule has 4 N–H and O–H groups in total. The average Bonchev–Trinajstić information content (AvgIpc) is 2.72. The number of anilines is 2. The molecule has 0 bridgehead atoms. The van der Waals surface area contributed by atoms with Gasteiger partial charge in [0, 0.05) is 0 Å². The minimum Gasteiger partial charge on any atom is -0.397 e. The molecule has 0 saturated heterocycles. The number of hydrogen-bond donors (Lipinski definition) is 2. The van der Waals surface area contributed by atoms with E-state index in [9.17, 15) is 0 Å². The van der Waals surface area contributed by atoms with E-state index in [1.807, 2.05) is 22.9 Å². The van der Waals surface area contributed by atoms with Crippen molar-refractivity contribution in [1.29, 1.82) is 0 Å². The van der Waals surface area contributed by atoms with Crippen LogP contribution in [0, 0.1) is 11.8 Å². The maximum absolute atomic E-state index is 5.70. The average molecular weight is 220 g/mol. The second-order valence-corrected chi connectivity index (χ2v) is 4.49. The van der Waals surface area contributed by atoms with Crippen molar-refractivity contribution in [3.8, 4) is 11.8 Å². The number of nitrogens with two attached hydrogens (primary N) is 2. The zero-order chi connectivity index (χ0) is 9.97. The van der Waals surface area contributed by atoms with Crippen LogP contribution in [0.25, 0.3) is 0 Å². The second kappa shape index (κ2) is 3.74. The summed E-state index contributed by atoms with van der Waals surface area (Å²) in [4.78, 5) is 1.80. The van der Waals surface area contributed by atoms with Crippen molar-refractivity contribution in [2.45, 2.75) is 0 Å². The van der Waals surface area contributed by atoms with Crippen LogP contribution in [0.15, 0.2) is 22.9 Å². The SMILES string of the molecule is Nc1ccsc1C#Cc1sccc1N. The third-order valence-electron chi connectivity index (χ3n) is 1.68. The Morgan fingerprint density at radius 3 is 1.57 bits per heavy atom. The summed E-state index contributed by atoms with van der Waals surface area (Å²) in [5.74, 6) is 6.02. The zero-order valence-electron chi connectivity index (χ0n) is 7.28. The zero-order valence-corrected chi connectivity index (χ0v) is 8.91. The molecule has 0 atom stereocenters. The van der Waals surface area contributed by atoms with Gasteiger partial charge in [0.15, 0.2) is 0 Å². The first-order chi connectivity index (χ1) is 6.77. The number of thiophene rings is 2. The van der Waals surface area contributed by atoms with Gasteiger partial charge in [0.05, 0.1) is 11.4 Å². The first kappa shape index (κ1) is 9.13. The molecule has 0 aliphatic heterocycles. The molecule has 0 saturated carbocycles. The first-order valence-corrected chi connectivity index (χ1v) is 5.71. The summed E-state index contributed by atoms with van der Waals surface area (Å²) >= 11 is 3.08. The molecule has 0 radical (unpaired) electrons. The van der Waals surface area contributed by atoms with Crippen LogP contribution in [-0.4, -0.2) is 0 Å². The van der Waals surface area contributed by atoms with Gasteiger partial charge >= 0.3 is 0 Å². The van der Waals surface area contributed by atoms with Gasteiger partial charge in [0.1, 0.15) is 9.75 Å². The smallest absolute Gasteiger partial charge is 0.100 e. The van der Waals surface area contributed by atoms with Crippen molar-refractivity contribution in [2.24, 2.45) is 0 Å². The van der Waals surface area contributed by atoms with Gasteiger partial charge in [-0.3, -0.25) is 0 Å². The molecule has 2 nitrogen and oxygen atoms in total. The van der Waals surface area contributed by atoms with E-state index in [2.05, 4.69) is 11.8 Å². The molecule has 0 aliphatic rings. The fourth-order valence-electron chi connectivity index (χ4n) is 0.955. The van der Waals surface area contributed by atoms with Crippen LogP contribution >= 0.6 is 22.7 Å². The van der Waals surface area contributed by atoms with E-state index in [0.717, 1.165) is 21.1 Å². The van der Waals surface area contributed by atoms with Gasteiger partial charge < -0.3 is 11.5 Å². The highest BCUT2D eigenvalue weighted by atomic mass is 32.1. The molecule has 2 aromatic heterocycles. The molecule has 0 unspecified atom stereocenters. The molecule has 0 aromatic carbocycles. The maximum Gasteiger partial charge on any atom is 0.100 e. The number of hydrogen-bond acceptors (Lipinski definition) is 4. The second-order valence-electron chi connectivity index (χ2n) is 2.66. The van der Waals surface area contributed by atoms with E-state index >= 15 is 0 Å². The van der Waals surface area contributed by atoms with Gasteiger partial charge in [-0.25, -0.2) is 0 Å². The van der Waals surface area contributed by atoms with E-state index in [1.54, 1.807) is 22.7 Å². The lowest BCUT2D eigenvalue weighted by Gasteiger charge is -1.86. The van der Waals surface area contributed by atoms with Crippen molar-refractivity contribution >= 4 is 34.0 Å². The summed E-state index contributed by atoms with van der Waals surface area (Å²) in [7, 11) is 0. The lowest BCUT2D eigenvalue weighted by molar-refractivity contribution is 1.81. The third kappa shape index (κ3) is 1.74. The molecule has 0 spiro atoms. The van der Waals surface area contributed by atoms with Crippen LogP contribution in [0.2, 0.25) is 0 Å². The quantitative estimate of drug-likeness (QED) is 0.670. The summed E-state index contributed by atoms with van der Waals surface area (Å²) in [6.45, 7) is 0. The molecular formula is C10H8N2S2. The summed E-state index contributed by atoms with van der Waals surface area (Å²) in [6, 6.07) is 3.71. The Morgan fingerprint density at radius 2 is 1.29 bits per heavy atom. The van der Waals surface area contributed by atoms with Gasteiger partial charge in [-0.2, -0.15) is 0 Å². The Hall–Kier alpha value is -1.44. The van der Waals surface area contributed by atoms with E-state index in [4.69, 9.17) is 11.5 Å². The highest BCUT2D eigenvalue weighted by molar-refractivity contribution is 7.11. The Bertz CT molecular complexity index is 455. The van der Waals surface area contributed by atoms with Gasteiger partial charge in [0.2, 0.25) is 0 Å². The van der Waals surface area contributed by atoms with Crippen LogP contribution in [0.4, 0.5) is 11.4 Å². The lowest BCUT2D eigenvalue weighted by Crippen LogP contribution is -1.84. The summed E-state index contributed by atoms with van der Waals surface area (Å²) in [5.41, 5.74) is 12.9. The fourth-order valence-corrected chi connectivity index (χ4v) is 2.28. The number of nitrogen functional groups attached to an aromatic ring is 2. The number of rotatable bonds is 0. The molecule has 0 amide bonds. The standard InChI is InChI=1S/C10H8N2S2/c11-7-3-5-13-9(7)1-2-10-8(12)4-6-14-10/h3-6H,11-12H2. The van der Waals surface area contributed by atoms with E-state index in [-0.39, 0.29) is 0 Å². The van der Waals surface area contributed by atoms with E-state index in [1.165, 1.54) is 0 Å². The predicted octanol–water partition coefficient (Wildman–Crippen LogP) is 2.37.